The summed E-state index contributed by atoms with van der Waals surface area (Å²) in [6, 6.07) is 15.2. The Bertz CT molecular complexity index is 1740. The number of anilines is 1. The van der Waals surface area contributed by atoms with E-state index in [1.807, 2.05) is 48.9 Å². The number of hydrogen-bond donors (Lipinski definition) is 0. The van der Waals surface area contributed by atoms with Crippen LogP contribution < -0.4 is 4.90 Å². The summed E-state index contributed by atoms with van der Waals surface area (Å²) in [5.41, 5.74) is 5.93. The zero-order chi connectivity index (χ0) is 29.9. The van der Waals surface area contributed by atoms with Crippen molar-refractivity contribution in [2.24, 2.45) is 5.92 Å². The molecule has 5 aromatic rings. The van der Waals surface area contributed by atoms with Gasteiger partial charge in [0.25, 0.3) is 0 Å². The van der Waals surface area contributed by atoms with E-state index in [2.05, 4.69) is 15.7 Å². The molecule has 1 saturated heterocycles. The molecule has 2 aromatic carbocycles. The molecule has 3 aromatic heterocycles. The SMILES string of the molecule is CC.O=Cc1ccc2nc(Cn3cc4c(n3)CN(c3cccc(CCc5ccc(F)cc5F)n3)C4)n(CC3COC3)c2c1. The molecular formula is C33H34F2N6O2. The van der Waals surface area contributed by atoms with Crippen LogP contribution in [-0.2, 0) is 43.8 Å². The first-order valence-corrected chi connectivity index (χ1v) is 14.7. The number of benzene rings is 2. The Balaban J connectivity index is 0.00000161. The van der Waals surface area contributed by atoms with Crippen LogP contribution in [0.3, 0.4) is 0 Å². The summed E-state index contributed by atoms with van der Waals surface area (Å²) in [5, 5.41) is 4.88. The number of aryl methyl sites for hydroxylation is 2. The summed E-state index contributed by atoms with van der Waals surface area (Å²) in [6.45, 7) is 8.12. The molecule has 7 rings (SSSR count). The Kier molecular flexibility index (Phi) is 8.29. The van der Waals surface area contributed by atoms with E-state index in [0.29, 0.717) is 49.5 Å². The number of carbonyl (C=O) groups is 1. The fourth-order valence-electron chi connectivity index (χ4n) is 5.60. The Morgan fingerprint density at radius 2 is 1.86 bits per heavy atom. The minimum absolute atomic E-state index is 0.431. The molecule has 0 amide bonds. The topological polar surface area (TPSA) is 78.1 Å². The van der Waals surface area contributed by atoms with Crippen molar-refractivity contribution in [3.8, 4) is 0 Å². The fourth-order valence-corrected chi connectivity index (χ4v) is 5.60. The van der Waals surface area contributed by atoms with Gasteiger partial charge >= 0.3 is 0 Å². The lowest BCUT2D eigenvalue weighted by Gasteiger charge is -2.27. The third-order valence-corrected chi connectivity index (χ3v) is 7.85. The van der Waals surface area contributed by atoms with Gasteiger partial charge in [0.05, 0.1) is 43.0 Å². The van der Waals surface area contributed by atoms with Crippen molar-refractivity contribution in [2.75, 3.05) is 18.1 Å². The lowest BCUT2D eigenvalue weighted by atomic mass is 10.1. The zero-order valence-electron chi connectivity index (χ0n) is 24.3. The number of pyridine rings is 1. The highest BCUT2D eigenvalue weighted by atomic mass is 19.1. The largest absolute Gasteiger partial charge is 0.381 e. The summed E-state index contributed by atoms with van der Waals surface area (Å²) in [6.07, 6.45) is 3.94. The fraction of sp³-hybridized carbons (Fsp3) is 0.333. The number of rotatable bonds is 9. The van der Waals surface area contributed by atoms with Crippen molar-refractivity contribution < 1.29 is 18.3 Å². The molecule has 0 saturated carbocycles. The van der Waals surface area contributed by atoms with Crippen molar-refractivity contribution in [3.63, 3.8) is 0 Å². The number of nitrogens with zero attached hydrogens (tertiary/aromatic N) is 6. The maximum atomic E-state index is 14.0. The maximum Gasteiger partial charge on any atom is 0.150 e. The first kappa shape index (κ1) is 28.7. The summed E-state index contributed by atoms with van der Waals surface area (Å²) in [4.78, 5) is 23.3. The molecule has 5 heterocycles. The summed E-state index contributed by atoms with van der Waals surface area (Å²) in [5.74, 6) is 1.08. The lowest BCUT2D eigenvalue weighted by molar-refractivity contribution is -0.0392. The van der Waals surface area contributed by atoms with Gasteiger partial charge in [-0.15, -0.1) is 0 Å². The Morgan fingerprint density at radius 3 is 2.60 bits per heavy atom. The molecule has 222 valence electrons. The molecule has 8 nitrogen and oxygen atoms in total. The van der Waals surface area contributed by atoms with Crippen LogP contribution in [0, 0.1) is 17.6 Å². The molecular weight excluding hydrogens is 550 g/mol. The second-order valence-electron chi connectivity index (χ2n) is 10.8. The highest BCUT2D eigenvalue weighted by molar-refractivity contribution is 5.85. The Labute approximate surface area is 248 Å². The van der Waals surface area contributed by atoms with Gasteiger partial charge in [-0.2, -0.15) is 5.10 Å². The van der Waals surface area contributed by atoms with Gasteiger partial charge in [0, 0.05) is 48.1 Å². The molecule has 0 unspecified atom stereocenters. The Hall–Kier alpha value is -4.44. The van der Waals surface area contributed by atoms with Gasteiger partial charge < -0.3 is 14.2 Å². The quantitative estimate of drug-likeness (QED) is 0.206. The number of aromatic nitrogens is 5. The van der Waals surface area contributed by atoms with Crippen LogP contribution in [0.4, 0.5) is 14.6 Å². The highest BCUT2D eigenvalue weighted by Gasteiger charge is 2.26. The number of ether oxygens (including phenoxy) is 1. The number of hydrogen-bond acceptors (Lipinski definition) is 6. The molecule has 2 aliphatic heterocycles. The van der Waals surface area contributed by atoms with E-state index >= 15 is 0 Å². The number of halogens is 2. The van der Waals surface area contributed by atoms with Crippen LogP contribution in [0.5, 0.6) is 0 Å². The lowest BCUT2D eigenvalue weighted by Crippen LogP contribution is -2.32. The standard InChI is InChI=1S/C31H28F2N6O2.C2H6/c32-24-7-5-22(26(33)11-24)6-8-25-2-1-3-30(34-25)37-13-23-14-38(36-28(23)15-37)16-31-35-27-9-4-20(17-40)10-29(27)39(31)12-21-18-41-19-21;1-2/h1-5,7,9-11,14,17,21H,6,8,12-13,15-16,18-19H2;1-2H3. The Morgan fingerprint density at radius 1 is 1.00 bits per heavy atom. The second-order valence-corrected chi connectivity index (χ2v) is 10.8. The third-order valence-electron chi connectivity index (χ3n) is 7.85. The predicted octanol–water partition coefficient (Wildman–Crippen LogP) is 5.74. The second kappa shape index (κ2) is 12.4. The van der Waals surface area contributed by atoms with Crippen LogP contribution in [0.25, 0.3) is 11.0 Å². The van der Waals surface area contributed by atoms with Gasteiger partial charge in [-0.3, -0.25) is 9.48 Å². The molecule has 0 spiro atoms. The van der Waals surface area contributed by atoms with Crippen molar-refractivity contribution in [3.05, 3.63) is 106 Å². The molecule has 0 radical (unpaired) electrons. The van der Waals surface area contributed by atoms with Gasteiger partial charge in [-0.05, 0) is 54.8 Å². The molecule has 2 aliphatic rings. The van der Waals surface area contributed by atoms with Crippen LogP contribution in [0.15, 0.2) is 60.8 Å². The van der Waals surface area contributed by atoms with E-state index in [9.17, 15) is 13.6 Å². The predicted molar refractivity (Wildman–Crippen MR) is 160 cm³/mol. The average Bonchev–Trinajstić information content (AvgIpc) is 3.67. The minimum Gasteiger partial charge on any atom is -0.381 e. The van der Waals surface area contributed by atoms with Crippen molar-refractivity contribution in [1.82, 2.24) is 24.3 Å². The molecule has 10 heteroatoms. The first-order chi connectivity index (χ1) is 21.0. The number of imidazole rings is 1. The summed E-state index contributed by atoms with van der Waals surface area (Å²) < 4.78 is 36.8. The monoisotopic (exact) mass is 584 g/mol. The van der Waals surface area contributed by atoms with Crippen LogP contribution in [0.1, 0.15) is 52.5 Å². The molecule has 43 heavy (non-hydrogen) atoms. The molecule has 0 atom stereocenters. The van der Waals surface area contributed by atoms with Crippen molar-refractivity contribution in [2.45, 2.75) is 52.9 Å². The van der Waals surface area contributed by atoms with Gasteiger partial charge in [-0.1, -0.05) is 26.0 Å². The van der Waals surface area contributed by atoms with Crippen LogP contribution in [-0.4, -0.2) is 43.8 Å². The first-order valence-electron chi connectivity index (χ1n) is 14.7. The van der Waals surface area contributed by atoms with Gasteiger partial charge in [0.15, 0.2) is 0 Å². The zero-order valence-corrected chi connectivity index (χ0v) is 24.3. The van der Waals surface area contributed by atoms with E-state index in [1.54, 1.807) is 6.07 Å². The van der Waals surface area contributed by atoms with Gasteiger partial charge in [0.2, 0.25) is 0 Å². The number of carbonyl (C=O) groups excluding carboxylic acids is 1. The summed E-state index contributed by atoms with van der Waals surface area (Å²) in [7, 11) is 0. The normalized spacial score (nSPS) is 14.4. The van der Waals surface area contributed by atoms with E-state index in [0.717, 1.165) is 71.7 Å². The van der Waals surface area contributed by atoms with Crippen LogP contribution >= 0.6 is 0 Å². The maximum absolute atomic E-state index is 14.0. The smallest absolute Gasteiger partial charge is 0.150 e. The van der Waals surface area contributed by atoms with E-state index in [4.69, 9.17) is 19.8 Å². The molecule has 0 N–H and O–H groups in total. The van der Waals surface area contributed by atoms with Crippen molar-refractivity contribution >= 4 is 23.1 Å². The van der Waals surface area contributed by atoms with Gasteiger partial charge in [0.1, 0.15) is 29.6 Å². The molecule has 0 bridgehead atoms. The summed E-state index contributed by atoms with van der Waals surface area (Å²) >= 11 is 0. The number of fused-ring (bicyclic) bond motifs is 2. The minimum atomic E-state index is -0.572. The molecule has 1 fully saturated rings. The third kappa shape index (κ3) is 6.06. The van der Waals surface area contributed by atoms with Crippen molar-refractivity contribution in [1.29, 1.82) is 0 Å². The van der Waals surface area contributed by atoms with Gasteiger partial charge in [-0.25, -0.2) is 18.7 Å². The van der Waals surface area contributed by atoms with Crippen LogP contribution in [0.2, 0.25) is 0 Å². The average molecular weight is 585 g/mol. The van der Waals surface area contributed by atoms with E-state index < -0.39 is 11.6 Å². The highest BCUT2D eigenvalue weighted by Crippen LogP contribution is 2.28. The molecule has 0 aliphatic carbocycles. The van der Waals surface area contributed by atoms with E-state index in [-0.39, 0.29) is 0 Å². The van der Waals surface area contributed by atoms with E-state index in [1.165, 1.54) is 12.1 Å². The number of aldehydes is 1.